The number of carbonyl (C=O) groups excluding carboxylic acids is 2. The van der Waals surface area contributed by atoms with Crippen LogP contribution in [0.5, 0.6) is 11.5 Å². The Morgan fingerprint density at radius 3 is 2.73 bits per heavy atom. The molecule has 1 saturated heterocycles. The van der Waals surface area contributed by atoms with Gasteiger partial charge in [0.2, 0.25) is 5.91 Å². The molecule has 4 atom stereocenters. The topological polar surface area (TPSA) is 154 Å². The average Bonchev–Trinajstić information content (AvgIpc) is 3.72. The molecule has 1 aliphatic carbocycles. The van der Waals surface area contributed by atoms with Crippen molar-refractivity contribution in [2.75, 3.05) is 33.4 Å². The smallest absolute Gasteiger partial charge is 0.252 e. The van der Waals surface area contributed by atoms with Crippen molar-refractivity contribution in [3.05, 3.63) is 68.9 Å². The highest BCUT2D eigenvalue weighted by molar-refractivity contribution is 14.1. The Bertz CT molecular complexity index is 1470. The van der Waals surface area contributed by atoms with Gasteiger partial charge in [0.05, 0.1) is 29.9 Å². The fourth-order valence-electron chi connectivity index (χ4n) is 5.80. The maximum Gasteiger partial charge on any atom is 0.252 e. The summed E-state index contributed by atoms with van der Waals surface area (Å²) in [6.07, 6.45) is 0.644. The van der Waals surface area contributed by atoms with Crippen LogP contribution in [0.2, 0.25) is 0 Å². The van der Waals surface area contributed by atoms with Crippen LogP contribution in [0.25, 0.3) is 10.9 Å². The Balaban J connectivity index is 1.48. The molecule has 5 rings (SSSR count). The first-order valence-electron chi connectivity index (χ1n) is 14.7. The Morgan fingerprint density at radius 2 is 2.02 bits per heavy atom. The monoisotopic (exact) mass is 719 g/mol. The van der Waals surface area contributed by atoms with Crippen molar-refractivity contribution in [1.29, 1.82) is 0 Å². The van der Waals surface area contributed by atoms with Gasteiger partial charge in [0.1, 0.15) is 18.3 Å². The number of halogens is 1. The molecule has 1 aliphatic heterocycles. The molecule has 1 fully saturated rings. The molecular formula is C32H38IN3O8. The number of fused-ring (bicyclic) bond motifs is 1. The Hall–Kier alpha value is -3.17. The molecular weight excluding hydrogens is 681 g/mol. The van der Waals surface area contributed by atoms with Gasteiger partial charge in [0.15, 0.2) is 11.5 Å². The fraction of sp³-hybridized carbons (Fsp3) is 0.438. The second-order valence-electron chi connectivity index (χ2n) is 10.9. The largest absolute Gasteiger partial charge is 0.493 e. The van der Waals surface area contributed by atoms with E-state index in [1.54, 1.807) is 23.1 Å². The summed E-state index contributed by atoms with van der Waals surface area (Å²) in [5.41, 5.74) is 2.89. The number of ether oxygens (including phenoxy) is 3. The highest BCUT2D eigenvalue weighted by Crippen LogP contribution is 2.37. The molecule has 11 nitrogen and oxygen atoms in total. The zero-order valence-electron chi connectivity index (χ0n) is 24.5. The number of amides is 2. The van der Waals surface area contributed by atoms with Gasteiger partial charge in [-0.2, -0.15) is 0 Å². The van der Waals surface area contributed by atoms with E-state index in [2.05, 4.69) is 32.9 Å². The lowest BCUT2D eigenvalue weighted by Crippen LogP contribution is -2.57. The minimum Gasteiger partial charge on any atom is -0.493 e. The molecule has 2 amide bonds. The quantitative estimate of drug-likeness (QED) is 0.179. The molecule has 0 bridgehead atoms. The zero-order valence-corrected chi connectivity index (χ0v) is 26.7. The van der Waals surface area contributed by atoms with Crippen LogP contribution >= 0.6 is 22.6 Å². The normalized spacial score (nSPS) is 21.6. The van der Waals surface area contributed by atoms with Crippen LogP contribution in [0.15, 0.2) is 54.1 Å². The molecule has 44 heavy (non-hydrogen) atoms. The van der Waals surface area contributed by atoms with E-state index in [9.17, 15) is 24.9 Å². The van der Waals surface area contributed by atoms with Gasteiger partial charge >= 0.3 is 0 Å². The first kappa shape index (κ1) is 32.2. The number of aromatic amines is 1. The predicted octanol–water partition coefficient (Wildman–Crippen LogP) is 2.44. The third kappa shape index (κ3) is 7.20. The lowest BCUT2D eigenvalue weighted by Gasteiger charge is -2.41. The minimum atomic E-state index is -1.20. The van der Waals surface area contributed by atoms with Crippen LogP contribution < -0.4 is 14.8 Å². The number of hydrogen-bond acceptors (Lipinski definition) is 8. The number of methoxy groups -OCH3 is 1. The van der Waals surface area contributed by atoms with Crippen LogP contribution in [0, 0.1) is 3.57 Å². The number of aliphatic hydroxyl groups is 3. The van der Waals surface area contributed by atoms with Crippen LogP contribution in [0.1, 0.15) is 30.5 Å². The zero-order chi connectivity index (χ0) is 31.2. The predicted molar refractivity (Wildman–Crippen MR) is 171 cm³/mol. The summed E-state index contributed by atoms with van der Waals surface area (Å²) in [7, 11) is 1.48. The molecule has 2 aromatic carbocycles. The molecule has 1 unspecified atom stereocenters. The van der Waals surface area contributed by atoms with E-state index < -0.39 is 30.3 Å². The van der Waals surface area contributed by atoms with Crippen molar-refractivity contribution in [3.8, 4) is 11.5 Å². The van der Waals surface area contributed by atoms with Gasteiger partial charge in [-0.1, -0.05) is 18.2 Å². The van der Waals surface area contributed by atoms with E-state index in [0.717, 1.165) is 23.0 Å². The van der Waals surface area contributed by atoms with Crippen LogP contribution in [-0.4, -0.2) is 94.8 Å². The number of H-pyrrole nitrogens is 1. The number of para-hydroxylation sites is 1. The average molecular weight is 720 g/mol. The summed E-state index contributed by atoms with van der Waals surface area (Å²) >= 11 is 2.07. The first-order chi connectivity index (χ1) is 21.3. The van der Waals surface area contributed by atoms with Crippen LogP contribution in [0.3, 0.4) is 0 Å². The van der Waals surface area contributed by atoms with E-state index >= 15 is 0 Å². The summed E-state index contributed by atoms with van der Waals surface area (Å²) in [6, 6.07) is 12.6. The fourth-order valence-corrected chi connectivity index (χ4v) is 6.59. The number of carbonyl (C=O) groups is 2. The van der Waals surface area contributed by atoms with Crippen LogP contribution in [0.4, 0.5) is 0 Å². The molecule has 12 heteroatoms. The molecule has 236 valence electrons. The molecule has 0 saturated carbocycles. The molecule has 3 aromatic rings. The van der Waals surface area contributed by atoms with E-state index in [1.165, 1.54) is 7.11 Å². The first-order valence-corrected chi connectivity index (χ1v) is 15.8. The maximum atomic E-state index is 14.0. The molecule has 1 aromatic heterocycles. The third-order valence-electron chi connectivity index (χ3n) is 8.04. The van der Waals surface area contributed by atoms with Gasteiger partial charge < -0.3 is 44.7 Å². The molecule has 2 heterocycles. The highest BCUT2D eigenvalue weighted by Gasteiger charge is 2.43. The van der Waals surface area contributed by atoms with E-state index in [-0.39, 0.29) is 38.6 Å². The number of nitrogens with zero attached hydrogens (tertiary/aromatic N) is 1. The van der Waals surface area contributed by atoms with Gasteiger partial charge in [0, 0.05) is 49.3 Å². The van der Waals surface area contributed by atoms with Crippen molar-refractivity contribution in [2.45, 2.75) is 56.6 Å². The molecule has 2 aliphatic rings. The molecule has 5 N–H and O–H groups in total. The second kappa shape index (κ2) is 14.7. The number of aliphatic hydroxyl groups excluding tert-OH is 3. The maximum absolute atomic E-state index is 14.0. The Labute approximate surface area is 269 Å². The molecule has 0 radical (unpaired) electrons. The van der Waals surface area contributed by atoms with Gasteiger partial charge in [-0.3, -0.25) is 9.59 Å². The summed E-state index contributed by atoms with van der Waals surface area (Å²) in [6.45, 7) is 0.403. The van der Waals surface area contributed by atoms with Gasteiger partial charge in [-0.15, -0.1) is 0 Å². The van der Waals surface area contributed by atoms with Crippen molar-refractivity contribution in [3.63, 3.8) is 0 Å². The lowest BCUT2D eigenvalue weighted by molar-refractivity contribution is -0.148. The number of hydrogen-bond donors (Lipinski definition) is 5. The molecule has 0 spiro atoms. The summed E-state index contributed by atoms with van der Waals surface area (Å²) in [5, 5.41) is 34.5. The third-order valence-corrected chi connectivity index (χ3v) is 8.84. The standard InChI is InChI=1S/C32H38IN3O8/c1-42-28-14-19(18-38)13-23(33)30(28)44-27-17-21(31(40)34-9-11-37)16-25(29(27)39)36(32(41)26-7-4-12-43-26)10-8-22-15-20-5-2-3-6-24(20)35-22/h2-3,5-6,13-15,17,25-27,29,35,37-39H,4,7-12,16,18H2,1H3,(H,34,40)/t25-,26?,27+,29+/m1/s1. The van der Waals surface area contributed by atoms with E-state index in [4.69, 9.17) is 14.2 Å². The highest BCUT2D eigenvalue weighted by atomic mass is 127. The van der Waals surface area contributed by atoms with E-state index in [1.807, 2.05) is 30.3 Å². The minimum absolute atomic E-state index is 0.0577. The number of benzene rings is 2. The SMILES string of the molecule is COc1cc(CO)cc(I)c1O[C@H]1C=C(C(=O)NCCO)C[C@@H](N(CCc2cc3ccccc3[nH]2)C(=O)C2CCCO2)[C@@H]1O. The second-order valence-corrected chi connectivity index (χ2v) is 12.1. The Kier molecular flexibility index (Phi) is 10.8. The Morgan fingerprint density at radius 1 is 1.20 bits per heavy atom. The van der Waals surface area contributed by atoms with Crippen molar-refractivity contribution in [1.82, 2.24) is 15.2 Å². The van der Waals surface area contributed by atoms with Gasteiger partial charge in [-0.25, -0.2) is 0 Å². The number of nitrogens with one attached hydrogen (secondary N) is 2. The van der Waals surface area contributed by atoms with Crippen LogP contribution in [-0.2, 0) is 27.4 Å². The van der Waals surface area contributed by atoms with Gasteiger partial charge in [0.25, 0.3) is 5.91 Å². The number of rotatable bonds is 12. The van der Waals surface area contributed by atoms with Crippen molar-refractivity contribution < 1.29 is 39.1 Å². The summed E-state index contributed by atoms with van der Waals surface area (Å²) in [4.78, 5) is 32.2. The van der Waals surface area contributed by atoms with Crippen molar-refractivity contribution in [2.24, 2.45) is 0 Å². The summed E-state index contributed by atoms with van der Waals surface area (Å²) < 4.78 is 18.3. The summed E-state index contributed by atoms with van der Waals surface area (Å²) in [5.74, 6) is 0.0531. The van der Waals surface area contributed by atoms with Crippen molar-refractivity contribution >= 4 is 45.3 Å². The lowest BCUT2D eigenvalue weighted by atomic mass is 9.87. The number of aromatic nitrogens is 1. The van der Waals surface area contributed by atoms with Gasteiger partial charge in [-0.05, 0) is 76.7 Å². The van der Waals surface area contributed by atoms with E-state index in [0.29, 0.717) is 45.7 Å².